The first-order valence-electron chi connectivity index (χ1n) is 11.5. The first-order valence-corrected chi connectivity index (χ1v) is 11.5. The van der Waals surface area contributed by atoms with Crippen molar-refractivity contribution in [1.29, 1.82) is 0 Å². The van der Waals surface area contributed by atoms with E-state index in [1.54, 1.807) is 0 Å². The summed E-state index contributed by atoms with van der Waals surface area (Å²) in [6.07, 6.45) is 6.55. The van der Waals surface area contributed by atoms with E-state index in [0.29, 0.717) is 0 Å². The van der Waals surface area contributed by atoms with Gasteiger partial charge in [-0.1, -0.05) is 76.4 Å². The van der Waals surface area contributed by atoms with Crippen LogP contribution in [0.25, 0.3) is 0 Å². The fourth-order valence-corrected chi connectivity index (χ4v) is 2.19. The fraction of sp³-hybridized carbons (Fsp3) is 0.778. The zero-order valence-corrected chi connectivity index (χ0v) is 22.3. The van der Waals surface area contributed by atoms with Gasteiger partial charge in [0.15, 0.2) is 0 Å². The third-order valence-corrected chi connectivity index (χ3v) is 4.03. The summed E-state index contributed by atoms with van der Waals surface area (Å²) in [7, 11) is 15.1. The Labute approximate surface area is 193 Å². The van der Waals surface area contributed by atoms with Crippen molar-refractivity contribution in [3.8, 4) is 0 Å². The van der Waals surface area contributed by atoms with Crippen molar-refractivity contribution in [2.75, 3.05) is 69.0 Å². The van der Waals surface area contributed by atoms with Crippen LogP contribution in [0.3, 0.4) is 0 Å². The minimum Gasteiger partial charge on any atom is -0.331 e. The van der Waals surface area contributed by atoms with Crippen molar-refractivity contribution in [1.82, 2.24) is 9.80 Å². The van der Waals surface area contributed by atoms with Crippen LogP contribution in [-0.2, 0) is 0 Å². The highest BCUT2D eigenvalue weighted by atomic mass is 15.3. The van der Waals surface area contributed by atoms with E-state index in [1.165, 1.54) is 62.9 Å². The van der Waals surface area contributed by atoms with Gasteiger partial charge in [0.1, 0.15) is 0 Å². The number of hydrogen-bond donors (Lipinski definition) is 0. The van der Waals surface area contributed by atoms with E-state index in [0.717, 1.165) is 4.48 Å². The summed E-state index contributed by atoms with van der Waals surface area (Å²) in [5.41, 5.74) is 2.66. The summed E-state index contributed by atoms with van der Waals surface area (Å²) in [6, 6.07) is 8.48. The zero-order valence-electron chi connectivity index (χ0n) is 22.3. The lowest BCUT2D eigenvalue weighted by molar-refractivity contribution is -0.870. The lowest BCUT2D eigenvalue weighted by atomic mass is 10.2. The molecule has 0 heterocycles. The molecule has 0 bridgehead atoms. The molecular weight excluding hydrogens is 366 g/mol. The molecule has 0 spiro atoms. The van der Waals surface area contributed by atoms with E-state index in [4.69, 9.17) is 0 Å². The van der Waals surface area contributed by atoms with Crippen LogP contribution < -0.4 is 0 Å². The van der Waals surface area contributed by atoms with Crippen LogP contribution in [0.15, 0.2) is 24.3 Å². The SMILES string of the molecule is C.CCCCN(C)C.CCCC[N+](C)(C)C.CCCN(C)C.Cc1ccc(C)cc1. The molecule has 3 heteroatoms. The average molecular weight is 427 g/mol. The summed E-state index contributed by atoms with van der Waals surface area (Å²) in [6.45, 7) is 14.6. The van der Waals surface area contributed by atoms with Gasteiger partial charge >= 0.3 is 0 Å². The Morgan fingerprint density at radius 3 is 1.13 bits per heavy atom. The number of unbranched alkanes of at least 4 members (excludes halogenated alkanes) is 2. The van der Waals surface area contributed by atoms with Crippen molar-refractivity contribution in [2.45, 2.75) is 74.1 Å². The van der Waals surface area contributed by atoms with Gasteiger partial charge in [0.05, 0.1) is 27.7 Å². The quantitative estimate of drug-likeness (QED) is 0.425. The molecule has 1 rings (SSSR count). The highest BCUT2D eigenvalue weighted by Gasteiger charge is 2.02. The normalized spacial score (nSPS) is 10.1. The Kier molecular flexibility index (Phi) is 29.6. The maximum absolute atomic E-state index is 2.23. The van der Waals surface area contributed by atoms with Crippen LogP contribution in [0.4, 0.5) is 0 Å². The molecule has 0 unspecified atom stereocenters. The van der Waals surface area contributed by atoms with Gasteiger partial charge < -0.3 is 14.3 Å². The van der Waals surface area contributed by atoms with Crippen LogP contribution in [0, 0.1) is 13.8 Å². The number of hydrogen-bond acceptors (Lipinski definition) is 2. The second kappa shape index (κ2) is 24.4. The topological polar surface area (TPSA) is 6.48 Å². The third kappa shape index (κ3) is 41.5. The van der Waals surface area contributed by atoms with Gasteiger partial charge in [0, 0.05) is 0 Å². The number of quaternary nitrogens is 1. The first kappa shape index (κ1) is 36.5. The molecule has 0 aliphatic heterocycles. The van der Waals surface area contributed by atoms with Crippen LogP contribution in [-0.4, -0.2) is 83.3 Å². The lowest BCUT2D eigenvalue weighted by Gasteiger charge is -2.23. The zero-order chi connectivity index (χ0) is 23.3. The van der Waals surface area contributed by atoms with Crippen molar-refractivity contribution in [3.05, 3.63) is 35.4 Å². The molecule has 0 aliphatic rings. The molecule has 3 nitrogen and oxygen atoms in total. The van der Waals surface area contributed by atoms with E-state index < -0.39 is 0 Å². The van der Waals surface area contributed by atoms with Gasteiger partial charge in [0.2, 0.25) is 0 Å². The highest BCUT2D eigenvalue weighted by molar-refractivity contribution is 5.19. The minimum absolute atomic E-state index is 0. The monoisotopic (exact) mass is 426 g/mol. The molecule has 30 heavy (non-hydrogen) atoms. The molecule has 0 aromatic heterocycles. The number of rotatable bonds is 8. The Morgan fingerprint density at radius 1 is 0.633 bits per heavy atom. The van der Waals surface area contributed by atoms with Gasteiger partial charge in [-0.05, 0) is 74.4 Å². The highest BCUT2D eigenvalue weighted by Crippen LogP contribution is 1.99. The summed E-state index contributed by atoms with van der Waals surface area (Å²) >= 11 is 0. The Morgan fingerprint density at radius 2 is 1.00 bits per heavy atom. The predicted molar refractivity (Wildman–Crippen MR) is 143 cm³/mol. The van der Waals surface area contributed by atoms with Gasteiger partial charge in [-0.15, -0.1) is 0 Å². The Balaban J connectivity index is -0.000000150. The molecule has 0 atom stereocenters. The van der Waals surface area contributed by atoms with Crippen LogP contribution in [0.2, 0.25) is 0 Å². The largest absolute Gasteiger partial charge is 0.331 e. The molecular formula is C27H60N3+. The van der Waals surface area contributed by atoms with Crippen molar-refractivity contribution >= 4 is 0 Å². The van der Waals surface area contributed by atoms with E-state index in [-0.39, 0.29) is 7.43 Å². The van der Waals surface area contributed by atoms with Gasteiger partial charge in [-0.3, -0.25) is 0 Å². The van der Waals surface area contributed by atoms with Crippen molar-refractivity contribution in [2.24, 2.45) is 0 Å². The van der Waals surface area contributed by atoms with E-state index in [1.807, 2.05) is 0 Å². The lowest BCUT2D eigenvalue weighted by Crippen LogP contribution is -2.35. The number of aryl methyl sites for hydroxylation is 2. The van der Waals surface area contributed by atoms with Crippen molar-refractivity contribution in [3.63, 3.8) is 0 Å². The van der Waals surface area contributed by atoms with E-state index in [9.17, 15) is 0 Å². The third-order valence-electron chi connectivity index (χ3n) is 4.03. The van der Waals surface area contributed by atoms with E-state index >= 15 is 0 Å². The predicted octanol–water partition coefficient (Wildman–Crippen LogP) is 6.74. The molecule has 0 fully saturated rings. The molecule has 0 saturated carbocycles. The molecule has 182 valence electrons. The van der Waals surface area contributed by atoms with Crippen LogP contribution in [0.1, 0.15) is 71.4 Å². The second-order valence-corrected chi connectivity index (χ2v) is 9.48. The molecule has 1 aromatic carbocycles. The molecule has 0 radical (unpaired) electrons. The van der Waals surface area contributed by atoms with Gasteiger partial charge in [-0.25, -0.2) is 0 Å². The summed E-state index contributed by atoms with van der Waals surface area (Å²) < 4.78 is 1.10. The number of benzene rings is 1. The van der Waals surface area contributed by atoms with Crippen LogP contribution >= 0.6 is 0 Å². The summed E-state index contributed by atoms with van der Waals surface area (Å²) in [5.74, 6) is 0. The molecule has 0 N–H and O–H groups in total. The molecule has 0 saturated heterocycles. The van der Waals surface area contributed by atoms with E-state index in [2.05, 4.69) is 118 Å². The molecule has 0 aliphatic carbocycles. The standard InChI is InChI=1S/C8H10.C7H18N.C6H15N.C5H13N.CH4/c1-7-3-5-8(2)6-4-7;1-5-6-7-8(2,3)4;1-4-5-6-7(2)3;1-4-5-6(2)3;/h3-6H,1-2H3;5-7H2,1-4H3;4-6H2,1-3H3;4-5H2,1-3H3;1H4/q;+1;;;. The van der Waals surface area contributed by atoms with Gasteiger partial charge in [0.25, 0.3) is 0 Å². The summed E-state index contributed by atoms with van der Waals surface area (Å²) in [4.78, 5) is 4.39. The van der Waals surface area contributed by atoms with Crippen LogP contribution in [0.5, 0.6) is 0 Å². The fourth-order valence-electron chi connectivity index (χ4n) is 2.19. The number of nitrogens with zero attached hydrogens (tertiary/aromatic N) is 3. The van der Waals surface area contributed by atoms with Crippen molar-refractivity contribution < 1.29 is 4.48 Å². The maximum Gasteiger partial charge on any atom is 0.0780 e. The second-order valence-electron chi connectivity index (χ2n) is 9.48. The smallest absolute Gasteiger partial charge is 0.0780 e. The Bertz CT molecular complexity index is 396. The molecule has 1 aromatic rings. The maximum atomic E-state index is 2.23. The minimum atomic E-state index is 0. The van der Waals surface area contributed by atoms with Gasteiger partial charge in [-0.2, -0.15) is 0 Å². The average Bonchev–Trinajstić information content (AvgIpc) is 2.61. The Hall–Kier alpha value is -0.900. The summed E-state index contributed by atoms with van der Waals surface area (Å²) in [5, 5.41) is 0. The first-order chi connectivity index (χ1) is 13.4. The molecule has 0 amide bonds.